The molecule has 1 unspecified atom stereocenters. The van der Waals surface area contributed by atoms with E-state index in [0.29, 0.717) is 24.4 Å². The molecule has 1 aromatic carbocycles. The lowest BCUT2D eigenvalue weighted by atomic mass is 10.1. The van der Waals surface area contributed by atoms with Gasteiger partial charge >= 0.3 is 0 Å². The molecule has 0 saturated carbocycles. The molecule has 2 rings (SSSR count). The number of amides is 2. The van der Waals surface area contributed by atoms with Gasteiger partial charge < -0.3 is 16.4 Å². The zero-order chi connectivity index (χ0) is 13.8. The van der Waals surface area contributed by atoms with E-state index in [4.69, 9.17) is 5.73 Å². The fourth-order valence-corrected chi connectivity index (χ4v) is 2.56. The summed E-state index contributed by atoms with van der Waals surface area (Å²) in [5.41, 5.74) is 6.94. The molecule has 0 bridgehead atoms. The van der Waals surface area contributed by atoms with Gasteiger partial charge in [-0.15, -0.1) is 11.8 Å². The summed E-state index contributed by atoms with van der Waals surface area (Å²) in [5, 5.41) is 5.61. The maximum Gasteiger partial charge on any atom is 0.234 e. The lowest BCUT2D eigenvalue weighted by Crippen LogP contribution is -2.21. The maximum absolute atomic E-state index is 11.8. The predicted molar refractivity (Wildman–Crippen MR) is 77.3 cm³/mol. The van der Waals surface area contributed by atoms with Crippen molar-refractivity contribution < 1.29 is 9.59 Å². The summed E-state index contributed by atoms with van der Waals surface area (Å²) in [5.74, 6) is 0.519. The van der Waals surface area contributed by atoms with Crippen LogP contribution in [-0.4, -0.2) is 24.1 Å². The Hall–Kier alpha value is -1.53. The van der Waals surface area contributed by atoms with Crippen LogP contribution in [0.5, 0.6) is 0 Å². The van der Waals surface area contributed by atoms with Gasteiger partial charge in [0.05, 0.1) is 11.4 Å². The molecule has 4 N–H and O–H groups in total. The molecule has 1 atom stereocenters. The SMILES string of the molecule is CC(CN)CC(=O)Nc1ccc2c(c1)NC(=O)CS2. The van der Waals surface area contributed by atoms with E-state index in [1.165, 1.54) is 11.8 Å². The Balaban J connectivity index is 2.04. The van der Waals surface area contributed by atoms with Crippen LogP contribution in [0.15, 0.2) is 23.1 Å². The number of thioether (sulfide) groups is 1. The number of hydrogen-bond donors (Lipinski definition) is 3. The fraction of sp³-hybridized carbons (Fsp3) is 0.385. The van der Waals surface area contributed by atoms with Crippen molar-refractivity contribution in [2.45, 2.75) is 18.2 Å². The second kappa shape index (κ2) is 6.08. The molecule has 6 heteroatoms. The molecule has 2 amide bonds. The number of benzene rings is 1. The first kappa shape index (κ1) is 13.9. The van der Waals surface area contributed by atoms with E-state index < -0.39 is 0 Å². The first-order chi connectivity index (χ1) is 9.08. The lowest BCUT2D eigenvalue weighted by Gasteiger charge is -2.17. The molecular formula is C13H17N3O2S. The quantitative estimate of drug-likeness (QED) is 0.782. The summed E-state index contributed by atoms with van der Waals surface area (Å²) in [6.45, 7) is 2.42. The molecule has 1 aromatic rings. The number of carbonyl (C=O) groups is 2. The van der Waals surface area contributed by atoms with Crippen LogP contribution >= 0.6 is 11.8 Å². The van der Waals surface area contributed by atoms with Gasteiger partial charge in [0.1, 0.15) is 0 Å². The van der Waals surface area contributed by atoms with Crippen LogP contribution in [0.3, 0.4) is 0 Å². The Labute approximate surface area is 116 Å². The molecule has 0 spiro atoms. The first-order valence-corrected chi connectivity index (χ1v) is 7.13. The molecule has 102 valence electrons. The van der Waals surface area contributed by atoms with Crippen LogP contribution in [0, 0.1) is 5.92 Å². The van der Waals surface area contributed by atoms with Crippen molar-refractivity contribution in [1.29, 1.82) is 0 Å². The zero-order valence-corrected chi connectivity index (χ0v) is 11.5. The summed E-state index contributed by atoms with van der Waals surface area (Å²) < 4.78 is 0. The highest BCUT2D eigenvalue weighted by atomic mass is 32.2. The van der Waals surface area contributed by atoms with Crippen molar-refractivity contribution in [3.05, 3.63) is 18.2 Å². The molecule has 0 radical (unpaired) electrons. The Morgan fingerprint density at radius 2 is 2.37 bits per heavy atom. The predicted octanol–water partition coefficient (Wildman–Crippen LogP) is 1.65. The largest absolute Gasteiger partial charge is 0.330 e. The monoisotopic (exact) mass is 279 g/mol. The third-order valence-electron chi connectivity index (χ3n) is 2.83. The van der Waals surface area contributed by atoms with Gasteiger partial charge in [0.25, 0.3) is 0 Å². The summed E-state index contributed by atoms with van der Waals surface area (Å²) in [6.07, 6.45) is 0.398. The second-order valence-corrected chi connectivity index (χ2v) is 5.66. The van der Waals surface area contributed by atoms with Crippen molar-refractivity contribution in [3.63, 3.8) is 0 Å². The van der Waals surface area contributed by atoms with Gasteiger partial charge in [-0.2, -0.15) is 0 Å². The van der Waals surface area contributed by atoms with Crippen molar-refractivity contribution >= 4 is 35.0 Å². The fourth-order valence-electron chi connectivity index (χ4n) is 1.77. The van der Waals surface area contributed by atoms with Gasteiger partial charge in [-0.3, -0.25) is 9.59 Å². The highest BCUT2D eigenvalue weighted by molar-refractivity contribution is 8.00. The standard InChI is InChI=1S/C13H17N3O2S/c1-8(6-14)4-12(17)15-9-2-3-11-10(5-9)16-13(18)7-19-11/h2-3,5,8H,4,6-7,14H2,1H3,(H,15,17)(H,16,18). The number of anilines is 2. The molecule has 1 heterocycles. The maximum atomic E-state index is 11.8. The Morgan fingerprint density at radius 3 is 3.11 bits per heavy atom. The van der Waals surface area contributed by atoms with Gasteiger partial charge in [-0.25, -0.2) is 0 Å². The van der Waals surface area contributed by atoms with E-state index in [1.54, 1.807) is 6.07 Å². The van der Waals surface area contributed by atoms with Crippen LogP contribution in [0.1, 0.15) is 13.3 Å². The summed E-state index contributed by atoms with van der Waals surface area (Å²) >= 11 is 1.50. The van der Waals surface area contributed by atoms with Crippen molar-refractivity contribution in [2.24, 2.45) is 11.7 Å². The molecular weight excluding hydrogens is 262 g/mol. The molecule has 0 aromatic heterocycles. The van der Waals surface area contributed by atoms with Crippen LogP contribution < -0.4 is 16.4 Å². The number of nitrogens with two attached hydrogens (primary N) is 1. The van der Waals surface area contributed by atoms with Gasteiger partial charge in [0, 0.05) is 17.0 Å². The van der Waals surface area contributed by atoms with E-state index in [1.807, 2.05) is 19.1 Å². The number of rotatable bonds is 4. The van der Waals surface area contributed by atoms with Gasteiger partial charge in [0.15, 0.2) is 0 Å². The minimum absolute atomic E-state index is 0.0160. The zero-order valence-electron chi connectivity index (χ0n) is 10.7. The van der Waals surface area contributed by atoms with Crippen LogP contribution in [0.25, 0.3) is 0 Å². The smallest absolute Gasteiger partial charge is 0.234 e. The van der Waals surface area contributed by atoms with Gasteiger partial charge in [-0.1, -0.05) is 6.92 Å². The van der Waals surface area contributed by atoms with Crippen molar-refractivity contribution in [3.8, 4) is 0 Å². The van der Waals surface area contributed by atoms with E-state index >= 15 is 0 Å². The average Bonchev–Trinajstić information content (AvgIpc) is 2.37. The summed E-state index contributed by atoms with van der Waals surface area (Å²) in [7, 11) is 0. The van der Waals surface area contributed by atoms with Crippen LogP contribution in [0.4, 0.5) is 11.4 Å². The van der Waals surface area contributed by atoms with Gasteiger partial charge in [-0.05, 0) is 30.7 Å². The molecule has 5 nitrogen and oxygen atoms in total. The number of nitrogens with one attached hydrogen (secondary N) is 2. The molecule has 19 heavy (non-hydrogen) atoms. The highest BCUT2D eigenvalue weighted by Crippen LogP contribution is 2.33. The van der Waals surface area contributed by atoms with Crippen molar-refractivity contribution in [2.75, 3.05) is 22.9 Å². The molecule has 0 saturated heterocycles. The third kappa shape index (κ3) is 3.71. The Kier molecular flexibility index (Phi) is 4.44. The van der Waals surface area contributed by atoms with Crippen molar-refractivity contribution in [1.82, 2.24) is 0 Å². The first-order valence-electron chi connectivity index (χ1n) is 6.15. The lowest BCUT2D eigenvalue weighted by molar-refractivity contribution is -0.117. The van der Waals surface area contributed by atoms with E-state index in [2.05, 4.69) is 10.6 Å². The topological polar surface area (TPSA) is 84.2 Å². The number of hydrogen-bond acceptors (Lipinski definition) is 4. The van der Waals surface area contributed by atoms with E-state index in [-0.39, 0.29) is 17.7 Å². The summed E-state index contributed by atoms with van der Waals surface area (Å²) in [6, 6.07) is 5.53. The second-order valence-electron chi connectivity index (χ2n) is 4.64. The van der Waals surface area contributed by atoms with Crippen LogP contribution in [0.2, 0.25) is 0 Å². The molecule has 0 aliphatic carbocycles. The van der Waals surface area contributed by atoms with Crippen LogP contribution in [-0.2, 0) is 9.59 Å². The Bertz CT molecular complexity index is 505. The highest BCUT2D eigenvalue weighted by Gasteiger charge is 2.16. The summed E-state index contributed by atoms with van der Waals surface area (Å²) in [4.78, 5) is 24.1. The molecule has 0 fully saturated rings. The molecule has 1 aliphatic rings. The Morgan fingerprint density at radius 1 is 1.58 bits per heavy atom. The molecule has 1 aliphatic heterocycles. The average molecular weight is 279 g/mol. The van der Waals surface area contributed by atoms with Gasteiger partial charge in [0.2, 0.25) is 11.8 Å². The number of fused-ring (bicyclic) bond motifs is 1. The number of carbonyl (C=O) groups excluding carboxylic acids is 2. The normalized spacial score (nSPS) is 15.4. The third-order valence-corrected chi connectivity index (χ3v) is 3.91. The minimum Gasteiger partial charge on any atom is -0.330 e. The van der Waals surface area contributed by atoms with E-state index in [0.717, 1.165) is 10.6 Å². The minimum atomic E-state index is -0.0623. The van der Waals surface area contributed by atoms with E-state index in [9.17, 15) is 9.59 Å².